The fraction of sp³-hybridized carbons (Fsp3) is 0.500. The molecule has 2 aliphatic heterocycles. The summed E-state index contributed by atoms with van der Waals surface area (Å²) in [6, 6.07) is 13.4. The highest BCUT2D eigenvalue weighted by Gasteiger charge is 2.46. The molecule has 7 heteroatoms. The molecule has 1 aromatic heterocycles. The summed E-state index contributed by atoms with van der Waals surface area (Å²) in [5.74, 6) is 1.27. The molecule has 1 saturated heterocycles. The van der Waals surface area contributed by atoms with E-state index in [1.165, 1.54) is 23.1 Å². The molecule has 0 bridgehead atoms. The van der Waals surface area contributed by atoms with Gasteiger partial charge in [-0.25, -0.2) is 4.39 Å². The van der Waals surface area contributed by atoms with Crippen molar-refractivity contribution in [2.45, 2.75) is 57.0 Å². The Morgan fingerprint density at radius 1 is 1.16 bits per heavy atom. The van der Waals surface area contributed by atoms with Crippen LogP contribution < -0.4 is 4.74 Å². The number of piperidine rings is 1. The van der Waals surface area contributed by atoms with Crippen LogP contribution in [0, 0.1) is 11.7 Å². The van der Waals surface area contributed by atoms with Crippen LogP contribution in [0.4, 0.5) is 4.39 Å². The number of methoxy groups -OCH3 is 1. The first-order chi connectivity index (χ1) is 18.0. The monoisotopic (exact) mass is 507 g/mol. The summed E-state index contributed by atoms with van der Waals surface area (Å²) in [5.41, 5.74) is 4.35. The Kier molecular flexibility index (Phi) is 7.28. The maximum absolute atomic E-state index is 14.7. The molecule has 3 heterocycles. The summed E-state index contributed by atoms with van der Waals surface area (Å²) in [4.78, 5) is 21.2. The van der Waals surface area contributed by atoms with Gasteiger partial charge in [0.15, 0.2) is 0 Å². The molecule has 2 fully saturated rings. The number of carbonyl (C=O) groups is 1. The molecular formula is C30H38FN3O3. The number of likely N-dealkylation sites (tertiary alicyclic amines) is 1. The predicted octanol–water partition coefficient (Wildman–Crippen LogP) is 5.16. The molecule has 2 N–H and O–H groups in total. The van der Waals surface area contributed by atoms with E-state index in [1.54, 1.807) is 19.2 Å². The lowest BCUT2D eigenvalue weighted by Crippen LogP contribution is -2.54. The van der Waals surface area contributed by atoms with Gasteiger partial charge in [-0.3, -0.25) is 9.69 Å². The fourth-order valence-electron chi connectivity index (χ4n) is 6.57. The van der Waals surface area contributed by atoms with E-state index in [-0.39, 0.29) is 23.2 Å². The van der Waals surface area contributed by atoms with Gasteiger partial charge in [0.1, 0.15) is 11.6 Å². The number of nitrogens with zero attached hydrogens (tertiary/aromatic N) is 2. The quantitative estimate of drug-likeness (QED) is 0.512. The molecule has 1 unspecified atom stereocenters. The minimum Gasteiger partial charge on any atom is -0.497 e. The van der Waals surface area contributed by atoms with E-state index in [9.17, 15) is 9.18 Å². The fourth-order valence-corrected chi connectivity index (χ4v) is 6.57. The molecule has 3 aliphatic rings. The number of hydrogen-bond donors (Lipinski definition) is 2. The number of amides is 1. The lowest BCUT2D eigenvalue weighted by molar-refractivity contribution is -0.140. The second-order valence-electron chi connectivity index (χ2n) is 10.7. The second kappa shape index (κ2) is 10.5. The smallest absolute Gasteiger partial charge is 0.225 e. The van der Waals surface area contributed by atoms with Crippen LogP contribution in [0.25, 0.3) is 10.9 Å². The highest BCUT2D eigenvalue weighted by Crippen LogP contribution is 2.48. The predicted molar refractivity (Wildman–Crippen MR) is 143 cm³/mol. The zero-order chi connectivity index (χ0) is 26.2. The van der Waals surface area contributed by atoms with Crippen molar-refractivity contribution in [1.82, 2.24) is 14.8 Å². The van der Waals surface area contributed by atoms with Crippen LogP contribution in [-0.4, -0.2) is 59.7 Å². The summed E-state index contributed by atoms with van der Waals surface area (Å²) in [6.45, 7) is 5.30. The third-order valence-electron chi connectivity index (χ3n) is 8.87. The van der Waals surface area contributed by atoms with Gasteiger partial charge in [0.25, 0.3) is 0 Å². The summed E-state index contributed by atoms with van der Waals surface area (Å²) < 4.78 is 20.2. The number of aliphatic hydroxyl groups excluding tert-OH is 1. The number of ether oxygens (including phenoxy) is 1. The van der Waals surface area contributed by atoms with Crippen LogP contribution in [0.1, 0.15) is 61.9 Å². The van der Waals surface area contributed by atoms with Crippen LogP contribution in [0.5, 0.6) is 5.75 Å². The van der Waals surface area contributed by atoms with E-state index in [2.05, 4.69) is 33.8 Å². The lowest BCUT2D eigenvalue weighted by Gasteiger charge is -2.50. The van der Waals surface area contributed by atoms with Gasteiger partial charge in [-0.2, -0.15) is 0 Å². The van der Waals surface area contributed by atoms with Gasteiger partial charge in [0, 0.05) is 78.9 Å². The maximum Gasteiger partial charge on any atom is 0.225 e. The molecule has 1 amide bonds. The van der Waals surface area contributed by atoms with E-state index in [0.29, 0.717) is 5.91 Å². The van der Waals surface area contributed by atoms with Crippen LogP contribution in [0.15, 0.2) is 42.5 Å². The molecule has 6 nitrogen and oxygen atoms in total. The van der Waals surface area contributed by atoms with Gasteiger partial charge in [-0.15, -0.1) is 0 Å². The van der Waals surface area contributed by atoms with E-state index >= 15 is 0 Å². The average Bonchev–Trinajstić information content (AvgIpc) is 3.27. The summed E-state index contributed by atoms with van der Waals surface area (Å²) in [6.07, 6.45) is 5.13. The molecule has 0 radical (unpaired) electrons. The number of aliphatic hydroxyl groups is 1. The van der Waals surface area contributed by atoms with E-state index in [4.69, 9.17) is 9.84 Å². The van der Waals surface area contributed by atoms with Crippen molar-refractivity contribution in [3.05, 3.63) is 65.1 Å². The molecule has 1 saturated carbocycles. The van der Waals surface area contributed by atoms with Crippen molar-refractivity contribution in [2.75, 3.05) is 33.9 Å². The van der Waals surface area contributed by atoms with Crippen LogP contribution in [0.3, 0.4) is 0 Å². The number of fused-ring (bicyclic) bond motifs is 4. The molecule has 3 aromatic rings. The van der Waals surface area contributed by atoms with Crippen molar-refractivity contribution in [3.8, 4) is 5.75 Å². The first-order valence-electron chi connectivity index (χ1n) is 13.4. The molecular weight excluding hydrogens is 469 g/mol. The molecule has 1 aliphatic carbocycles. The van der Waals surface area contributed by atoms with Gasteiger partial charge in [0.2, 0.25) is 5.91 Å². The number of nitrogens with one attached hydrogen (secondary N) is 1. The Labute approximate surface area is 218 Å². The van der Waals surface area contributed by atoms with Crippen molar-refractivity contribution < 1.29 is 19.0 Å². The molecule has 37 heavy (non-hydrogen) atoms. The van der Waals surface area contributed by atoms with Crippen molar-refractivity contribution >= 4 is 16.8 Å². The number of carbonyl (C=O) groups excluding carboxylic acids is 1. The summed E-state index contributed by atoms with van der Waals surface area (Å²) in [7, 11) is 2.69. The molecule has 1 spiro atoms. The molecule has 2 aromatic carbocycles. The highest BCUT2D eigenvalue weighted by molar-refractivity contribution is 5.87. The van der Waals surface area contributed by atoms with E-state index in [1.807, 2.05) is 18.2 Å². The number of aromatic nitrogens is 1. The van der Waals surface area contributed by atoms with Crippen LogP contribution >= 0.6 is 0 Å². The Balaban J connectivity index is 0.00000137. The highest BCUT2D eigenvalue weighted by atomic mass is 19.1. The number of benzene rings is 2. The minimum atomic E-state index is -0.151. The van der Waals surface area contributed by atoms with Gasteiger partial charge >= 0.3 is 0 Å². The Bertz CT molecular complexity index is 1260. The third-order valence-corrected chi connectivity index (χ3v) is 8.87. The SMILES string of the molecule is CO.COc1ccc2c3c([nH]c2c1)CN(C(C)c1ccccc1F)CC31CCN(C(=O)C2CCC2)CC1. The zero-order valence-corrected chi connectivity index (χ0v) is 22.1. The standard InChI is InChI=1S/C29H34FN3O2.CH4O/c1-19(22-8-3-4-9-24(22)30)33-17-26-27(23-11-10-21(35-2)16-25(23)31-26)29(18-33)12-14-32(15-13-29)28(34)20-6-5-7-20;1-2/h3-4,8-11,16,19-20,31H,5-7,12-15,17-18H2,1-2H3;2H,1H3. The van der Waals surface area contributed by atoms with Gasteiger partial charge in [0.05, 0.1) is 7.11 Å². The molecule has 198 valence electrons. The second-order valence-corrected chi connectivity index (χ2v) is 10.7. The molecule has 6 rings (SSSR count). The van der Waals surface area contributed by atoms with Crippen LogP contribution in [0.2, 0.25) is 0 Å². The largest absolute Gasteiger partial charge is 0.497 e. The number of hydrogen-bond acceptors (Lipinski definition) is 4. The van der Waals surface area contributed by atoms with Crippen molar-refractivity contribution in [2.24, 2.45) is 5.92 Å². The Morgan fingerprint density at radius 2 is 1.89 bits per heavy atom. The van der Waals surface area contributed by atoms with Gasteiger partial charge < -0.3 is 19.7 Å². The normalized spacial score (nSPS) is 20.1. The molecule has 1 atom stereocenters. The van der Waals surface area contributed by atoms with E-state index < -0.39 is 0 Å². The topological polar surface area (TPSA) is 68.8 Å². The van der Waals surface area contributed by atoms with Crippen molar-refractivity contribution in [3.63, 3.8) is 0 Å². The Morgan fingerprint density at radius 3 is 2.54 bits per heavy atom. The number of halogens is 1. The maximum atomic E-state index is 14.7. The Hall–Kier alpha value is -2.90. The number of H-pyrrole nitrogens is 1. The number of rotatable bonds is 4. The average molecular weight is 508 g/mol. The lowest BCUT2D eigenvalue weighted by atomic mass is 9.68. The van der Waals surface area contributed by atoms with Crippen molar-refractivity contribution in [1.29, 1.82) is 0 Å². The summed E-state index contributed by atoms with van der Waals surface area (Å²) in [5, 5.41) is 8.25. The zero-order valence-electron chi connectivity index (χ0n) is 22.1. The van der Waals surface area contributed by atoms with E-state index in [0.717, 1.165) is 75.8 Å². The van der Waals surface area contributed by atoms with Gasteiger partial charge in [-0.1, -0.05) is 24.6 Å². The third kappa shape index (κ3) is 4.53. The first-order valence-corrected chi connectivity index (χ1v) is 13.4. The minimum absolute atomic E-state index is 0.0446. The first kappa shape index (κ1) is 25.7. The van der Waals surface area contributed by atoms with Crippen LogP contribution in [-0.2, 0) is 16.8 Å². The number of aromatic amines is 1. The van der Waals surface area contributed by atoms with Gasteiger partial charge in [-0.05, 0) is 56.4 Å². The summed E-state index contributed by atoms with van der Waals surface area (Å²) >= 11 is 0.